The number of likely N-dealkylation sites (tertiary alicyclic amines) is 1. The van der Waals surface area contributed by atoms with Crippen molar-refractivity contribution in [2.45, 2.75) is 39.7 Å². The molecule has 0 amide bonds. The number of nitrogens with one attached hydrogen (secondary N) is 2. The number of ether oxygens (including phenoxy) is 2. The van der Waals surface area contributed by atoms with Gasteiger partial charge in [0.25, 0.3) is 0 Å². The van der Waals surface area contributed by atoms with Gasteiger partial charge < -0.3 is 25.0 Å². The van der Waals surface area contributed by atoms with Gasteiger partial charge in [-0.05, 0) is 69.4 Å². The van der Waals surface area contributed by atoms with E-state index < -0.39 is 0 Å². The second kappa shape index (κ2) is 11.6. The second-order valence-electron chi connectivity index (χ2n) is 7.05. The average Bonchev–Trinajstić information content (AvgIpc) is 3.13. The summed E-state index contributed by atoms with van der Waals surface area (Å²) in [5.74, 6) is 3.25. The van der Waals surface area contributed by atoms with Crippen LogP contribution in [0.3, 0.4) is 0 Å². The first-order chi connectivity index (χ1) is 12.8. The molecule has 152 valence electrons. The number of nitrogens with zero attached hydrogens (tertiary/aromatic N) is 2. The Kier molecular flexibility index (Phi) is 9.47. The van der Waals surface area contributed by atoms with E-state index in [1.54, 1.807) is 0 Å². The number of fused-ring (bicyclic) bond motifs is 1. The summed E-state index contributed by atoms with van der Waals surface area (Å²) in [6.07, 6.45) is 3.79. The Morgan fingerprint density at radius 2 is 1.93 bits per heavy atom. The van der Waals surface area contributed by atoms with Crippen molar-refractivity contribution < 1.29 is 9.47 Å². The van der Waals surface area contributed by atoms with Crippen molar-refractivity contribution in [1.29, 1.82) is 0 Å². The van der Waals surface area contributed by atoms with Crippen molar-refractivity contribution in [3.63, 3.8) is 0 Å². The van der Waals surface area contributed by atoms with Crippen LogP contribution in [0.2, 0.25) is 0 Å². The van der Waals surface area contributed by atoms with Crippen molar-refractivity contribution >= 4 is 29.9 Å². The van der Waals surface area contributed by atoms with Crippen LogP contribution in [-0.4, -0.2) is 50.4 Å². The third-order valence-electron chi connectivity index (χ3n) is 5.01. The van der Waals surface area contributed by atoms with Gasteiger partial charge in [-0.25, -0.2) is 4.99 Å². The predicted octanol–water partition coefficient (Wildman–Crippen LogP) is 3.21. The van der Waals surface area contributed by atoms with Crippen LogP contribution < -0.4 is 20.1 Å². The minimum atomic E-state index is 0. The fourth-order valence-electron chi connectivity index (χ4n) is 3.52. The van der Waals surface area contributed by atoms with Gasteiger partial charge in [-0.3, -0.25) is 0 Å². The van der Waals surface area contributed by atoms with Gasteiger partial charge in [0.05, 0.1) is 6.54 Å². The van der Waals surface area contributed by atoms with Crippen molar-refractivity contribution in [2.24, 2.45) is 10.9 Å². The maximum atomic E-state index is 5.44. The number of rotatable bonds is 7. The zero-order valence-corrected chi connectivity index (χ0v) is 18.8. The number of benzene rings is 1. The number of hydrogen-bond donors (Lipinski definition) is 2. The first-order valence-electron chi connectivity index (χ1n) is 9.91. The molecule has 1 aromatic carbocycles. The van der Waals surface area contributed by atoms with E-state index in [1.807, 2.05) is 18.2 Å². The molecular formula is C20H33IN4O2. The van der Waals surface area contributed by atoms with Crippen LogP contribution in [-0.2, 0) is 6.54 Å². The number of aliphatic imine (C=N–C) groups is 1. The summed E-state index contributed by atoms with van der Waals surface area (Å²) < 4.78 is 10.8. The molecule has 6 nitrogen and oxygen atoms in total. The van der Waals surface area contributed by atoms with Crippen LogP contribution in [0.1, 0.15) is 38.7 Å². The van der Waals surface area contributed by atoms with E-state index in [0.717, 1.165) is 42.0 Å². The number of hydrogen-bond acceptors (Lipinski definition) is 4. The number of guanidine groups is 1. The molecule has 27 heavy (non-hydrogen) atoms. The Hall–Kier alpha value is -1.22. The van der Waals surface area contributed by atoms with E-state index in [2.05, 4.69) is 29.4 Å². The van der Waals surface area contributed by atoms with E-state index in [1.165, 1.54) is 38.9 Å². The Balaban J connectivity index is 0.00000261. The van der Waals surface area contributed by atoms with E-state index in [-0.39, 0.29) is 24.0 Å². The van der Waals surface area contributed by atoms with E-state index in [0.29, 0.717) is 13.3 Å². The molecule has 1 fully saturated rings. The summed E-state index contributed by atoms with van der Waals surface area (Å²) in [4.78, 5) is 7.30. The second-order valence-corrected chi connectivity index (χ2v) is 7.05. The minimum Gasteiger partial charge on any atom is -0.454 e. The van der Waals surface area contributed by atoms with Gasteiger partial charge in [0.2, 0.25) is 6.79 Å². The summed E-state index contributed by atoms with van der Waals surface area (Å²) >= 11 is 0. The predicted molar refractivity (Wildman–Crippen MR) is 120 cm³/mol. The highest BCUT2D eigenvalue weighted by molar-refractivity contribution is 14.0. The molecule has 0 saturated carbocycles. The Bertz CT molecular complexity index is 604. The summed E-state index contributed by atoms with van der Waals surface area (Å²) in [5, 5.41) is 6.87. The molecular weight excluding hydrogens is 455 g/mol. The lowest BCUT2D eigenvalue weighted by atomic mass is 9.97. The lowest BCUT2D eigenvalue weighted by Crippen LogP contribution is -2.43. The highest BCUT2D eigenvalue weighted by atomic mass is 127. The third-order valence-corrected chi connectivity index (χ3v) is 5.01. The molecule has 2 aliphatic heterocycles. The van der Waals surface area contributed by atoms with Crippen LogP contribution in [0.5, 0.6) is 11.5 Å². The monoisotopic (exact) mass is 488 g/mol. The van der Waals surface area contributed by atoms with Gasteiger partial charge >= 0.3 is 0 Å². The molecule has 0 bridgehead atoms. The van der Waals surface area contributed by atoms with Crippen molar-refractivity contribution in [1.82, 2.24) is 15.5 Å². The summed E-state index contributed by atoms with van der Waals surface area (Å²) in [7, 11) is 0. The first-order valence-corrected chi connectivity index (χ1v) is 9.91. The molecule has 2 aliphatic rings. The molecule has 2 N–H and O–H groups in total. The number of piperidine rings is 1. The molecule has 0 aliphatic carbocycles. The van der Waals surface area contributed by atoms with E-state index in [9.17, 15) is 0 Å². The smallest absolute Gasteiger partial charge is 0.231 e. The highest BCUT2D eigenvalue weighted by Crippen LogP contribution is 2.32. The fraction of sp³-hybridized carbons (Fsp3) is 0.650. The van der Waals surface area contributed by atoms with Crippen LogP contribution in [0.25, 0.3) is 0 Å². The quantitative estimate of drug-likeness (QED) is 0.351. The maximum absolute atomic E-state index is 5.44. The summed E-state index contributed by atoms with van der Waals surface area (Å²) in [5.41, 5.74) is 1.12. The van der Waals surface area contributed by atoms with Crippen LogP contribution >= 0.6 is 24.0 Å². The minimum absolute atomic E-state index is 0. The highest BCUT2D eigenvalue weighted by Gasteiger charge is 2.18. The summed E-state index contributed by atoms with van der Waals surface area (Å²) in [6.45, 7) is 10.8. The van der Waals surface area contributed by atoms with Gasteiger partial charge in [0, 0.05) is 13.1 Å². The average molecular weight is 488 g/mol. The Morgan fingerprint density at radius 1 is 1.15 bits per heavy atom. The lowest BCUT2D eigenvalue weighted by Gasteiger charge is -2.32. The molecule has 2 heterocycles. The normalized spacial score (nSPS) is 17.5. The van der Waals surface area contributed by atoms with Crippen LogP contribution in [0, 0.1) is 5.92 Å². The molecule has 1 aromatic rings. The number of halogens is 1. The zero-order chi connectivity index (χ0) is 18.2. The molecule has 0 unspecified atom stereocenters. The topological polar surface area (TPSA) is 58.1 Å². The third kappa shape index (κ3) is 6.71. The standard InChI is InChI=1S/C20H32N4O2.HI/c1-3-9-24-10-7-16(8-11-24)13-22-20(21-4-2)23-14-17-5-6-18-19(12-17)26-15-25-18;/h5-6,12,16H,3-4,7-11,13-15H2,1-2H3,(H2,21,22,23);1H. The van der Waals surface area contributed by atoms with Crippen LogP contribution in [0.4, 0.5) is 0 Å². The molecule has 7 heteroatoms. The SMILES string of the molecule is CCCN1CCC(CNC(=NCc2ccc3c(c2)OCO3)NCC)CC1.I. The Morgan fingerprint density at radius 3 is 2.67 bits per heavy atom. The molecule has 0 radical (unpaired) electrons. The lowest BCUT2D eigenvalue weighted by molar-refractivity contribution is 0.174. The molecule has 0 atom stereocenters. The van der Waals surface area contributed by atoms with Crippen molar-refractivity contribution in [3.8, 4) is 11.5 Å². The van der Waals surface area contributed by atoms with Gasteiger partial charge in [-0.2, -0.15) is 0 Å². The van der Waals surface area contributed by atoms with Gasteiger partial charge in [-0.1, -0.05) is 13.0 Å². The van der Waals surface area contributed by atoms with Gasteiger partial charge in [0.15, 0.2) is 17.5 Å². The van der Waals surface area contributed by atoms with Crippen molar-refractivity contribution in [3.05, 3.63) is 23.8 Å². The zero-order valence-electron chi connectivity index (χ0n) is 16.5. The van der Waals surface area contributed by atoms with Gasteiger partial charge in [0.1, 0.15) is 0 Å². The fourth-order valence-corrected chi connectivity index (χ4v) is 3.52. The molecule has 1 saturated heterocycles. The van der Waals surface area contributed by atoms with Crippen LogP contribution in [0.15, 0.2) is 23.2 Å². The molecule has 0 spiro atoms. The summed E-state index contributed by atoms with van der Waals surface area (Å²) in [6, 6.07) is 6.01. The molecule has 3 rings (SSSR count). The first kappa shape index (κ1) is 22.1. The van der Waals surface area contributed by atoms with E-state index in [4.69, 9.17) is 14.5 Å². The van der Waals surface area contributed by atoms with Crippen molar-refractivity contribution in [2.75, 3.05) is 39.5 Å². The van der Waals surface area contributed by atoms with E-state index >= 15 is 0 Å². The largest absolute Gasteiger partial charge is 0.454 e. The maximum Gasteiger partial charge on any atom is 0.231 e. The Labute approximate surface area is 180 Å². The van der Waals surface area contributed by atoms with Gasteiger partial charge in [-0.15, -0.1) is 24.0 Å². The molecule has 0 aromatic heterocycles.